The van der Waals surface area contributed by atoms with Gasteiger partial charge in [-0.15, -0.1) is 0 Å². The Morgan fingerprint density at radius 2 is 1.74 bits per heavy atom. The topological polar surface area (TPSA) is 140 Å². The summed E-state index contributed by atoms with van der Waals surface area (Å²) in [4.78, 5) is 26.8. The van der Waals surface area contributed by atoms with Crippen molar-refractivity contribution in [1.29, 1.82) is 0 Å². The van der Waals surface area contributed by atoms with Gasteiger partial charge in [0.2, 0.25) is 18.6 Å². The van der Waals surface area contributed by atoms with Crippen molar-refractivity contribution >= 4 is 33.4 Å². The first kappa shape index (κ1) is 22.7. The maximum atomic E-state index is 12.7. The van der Waals surface area contributed by atoms with E-state index in [9.17, 15) is 18.0 Å². The van der Waals surface area contributed by atoms with Gasteiger partial charge in [-0.05, 0) is 56.3 Å². The monoisotopic (exact) mass is 498 g/mol. The van der Waals surface area contributed by atoms with Crippen molar-refractivity contribution in [1.82, 2.24) is 10.1 Å². The lowest BCUT2D eigenvalue weighted by molar-refractivity contribution is -0.123. The van der Waals surface area contributed by atoms with Gasteiger partial charge in [0.05, 0.1) is 16.5 Å². The largest absolute Gasteiger partial charge is 0.454 e. The number of nitrogens with one attached hydrogen (secondary N) is 2. The average molecular weight is 499 g/mol. The number of fused-ring (bicyclic) bond motifs is 1. The minimum absolute atomic E-state index is 0.00749. The first-order chi connectivity index (χ1) is 16.7. The van der Waals surface area contributed by atoms with Crippen LogP contribution in [0.5, 0.6) is 11.5 Å². The Labute approximate surface area is 201 Å². The van der Waals surface area contributed by atoms with Gasteiger partial charge >= 0.3 is 0 Å². The Bertz CT molecular complexity index is 1410. The summed E-state index contributed by atoms with van der Waals surface area (Å²) >= 11 is 0. The van der Waals surface area contributed by atoms with Crippen LogP contribution in [-0.2, 0) is 14.8 Å². The highest BCUT2D eigenvalue weighted by Gasteiger charge is 2.36. The van der Waals surface area contributed by atoms with Crippen LogP contribution < -0.4 is 19.5 Å². The Kier molecular flexibility index (Phi) is 5.59. The molecule has 2 aliphatic rings. The first-order valence-corrected chi connectivity index (χ1v) is 12.2. The summed E-state index contributed by atoms with van der Waals surface area (Å²) in [5, 5.41) is 6.49. The van der Waals surface area contributed by atoms with Crippen LogP contribution in [0.15, 0.2) is 51.9 Å². The van der Waals surface area contributed by atoms with E-state index in [4.69, 9.17) is 14.0 Å². The zero-order valence-electron chi connectivity index (χ0n) is 18.9. The zero-order valence-corrected chi connectivity index (χ0v) is 19.7. The third-order valence-corrected chi connectivity index (χ3v) is 7.32. The minimum Gasteiger partial charge on any atom is -0.454 e. The SMILES string of the molecule is Cc1noc(NS(=O)(=O)c2ccc(NC(=O)C3CN(C(=O)c4ccc5c(c4)OCO5)C3)cc2)c1C. The summed E-state index contributed by atoms with van der Waals surface area (Å²) in [6, 6.07) is 10.7. The van der Waals surface area contributed by atoms with Gasteiger partial charge in [0.15, 0.2) is 11.5 Å². The van der Waals surface area contributed by atoms with Crippen molar-refractivity contribution in [3.05, 3.63) is 59.3 Å². The van der Waals surface area contributed by atoms with E-state index in [-0.39, 0.29) is 48.4 Å². The number of rotatable bonds is 6. The number of benzene rings is 2. The number of likely N-dealkylation sites (tertiary alicyclic amines) is 1. The Morgan fingerprint density at radius 3 is 2.43 bits per heavy atom. The third kappa shape index (κ3) is 4.39. The Morgan fingerprint density at radius 1 is 1.03 bits per heavy atom. The number of nitrogens with zero attached hydrogens (tertiary/aromatic N) is 2. The van der Waals surface area contributed by atoms with Gasteiger partial charge in [0, 0.05) is 29.9 Å². The molecular weight excluding hydrogens is 476 g/mol. The molecule has 2 aromatic carbocycles. The molecule has 0 unspecified atom stereocenters. The van der Waals surface area contributed by atoms with E-state index in [1.54, 1.807) is 36.9 Å². The number of hydrogen-bond acceptors (Lipinski definition) is 8. The highest BCUT2D eigenvalue weighted by molar-refractivity contribution is 7.92. The molecule has 0 aliphatic carbocycles. The number of aromatic nitrogens is 1. The lowest BCUT2D eigenvalue weighted by atomic mass is 9.97. The average Bonchev–Trinajstić information content (AvgIpc) is 3.39. The van der Waals surface area contributed by atoms with E-state index in [2.05, 4.69) is 15.2 Å². The maximum Gasteiger partial charge on any atom is 0.264 e. The number of carbonyl (C=O) groups is 2. The molecular formula is C23H22N4O7S. The number of ether oxygens (including phenoxy) is 2. The zero-order chi connectivity index (χ0) is 24.7. The van der Waals surface area contributed by atoms with Gasteiger partial charge in [-0.2, -0.15) is 0 Å². The van der Waals surface area contributed by atoms with E-state index in [0.29, 0.717) is 34.0 Å². The van der Waals surface area contributed by atoms with E-state index in [0.717, 1.165) is 0 Å². The number of carbonyl (C=O) groups excluding carboxylic acids is 2. The second-order valence-electron chi connectivity index (χ2n) is 8.32. The van der Waals surface area contributed by atoms with Crippen molar-refractivity contribution in [2.45, 2.75) is 18.7 Å². The number of hydrogen-bond donors (Lipinski definition) is 2. The van der Waals surface area contributed by atoms with Gasteiger partial charge in [-0.1, -0.05) is 5.16 Å². The van der Waals surface area contributed by atoms with Crippen molar-refractivity contribution in [3.8, 4) is 11.5 Å². The Hall–Kier alpha value is -4.06. The van der Waals surface area contributed by atoms with Crippen LogP contribution in [-0.4, -0.2) is 50.2 Å². The van der Waals surface area contributed by atoms with Crippen LogP contribution in [0.25, 0.3) is 0 Å². The molecule has 35 heavy (non-hydrogen) atoms. The Balaban J connectivity index is 1.16. The molecule has 12 heteroatoms. The van der Waals surface area contributed by atoms with Gasteiger partial charge in [0.25, 0.3) is 15.9 Å². The summed E-state index contributed by atoms with van der Waals surface area (Å²) in [6.45, 7) is 4.11. The molecule has 2 amide bonds. The van der Waals surface area contributed by atoms with Crippen LogP contribution in [0.3, 0.4) is 0 Å². The normalized spacial score (nSPS) is 15.0. The van der Waals surface area contributed by atoms with Crippen molar-refractivity contribution in [2.24, 2.45) is 5.92 Å². The molecule has 1 saturated heterocycles. The van der Waals surface area contributed by atoms with Gasteiger partial charge in [0.1, 0.15) is 0 Å². The minimum atomic E-state index is -3.88. The van der Waals surface area contributed by atoms with Crippen LogP contribution in [0.2, 0.25) is 0 Å². The molecule has 2 N–H and O–H groups in total. The summed E-state index contributed by atoms with van der Waals surface area (Å²) in [5.74, 6) is 0.380. The number of aryl methyl sites for hydroxylation is 1. The number of anilines is 2. The molecule has 2 aliphatic heterocycles. The molecule has 5 rings (SSSR count). The molecule has 0 atom stereocenters. The van der Waals surface area contributed by atoms with Crippen LogP contribution in [0.4, 0.5) is 11.6 Å². The maximum absolute atomic E-state index is 12.7. The predicted octanol–water partition coefficient (Wildman–Crippen LogP) is 2.53. The fraction of sp³-hybridized carbons (Fsp3) is 0.261. The van der Waals surface area contributed by atoms with Crippen LogP contribution in [0.1, 0.15) is 21.6 Å². The summed E-state index contributed by atoms with van der Waals surface area (Å²) in [6.07, 6.45) is 0. The summed E-state index contributed by atoms with van der Waals surface area (Å²) in [5.41, 5.74) is 2.10. The highest BCUT2D eigenvalue weighted by atomic mass is 32.2. The fourth-order valence-electron chi connectivity index (χ4n) is 3.68. The molecule has 11 nitrogen and oxygen atoms in total. The summed E-state index contributed by atoms with van der Waals surface area (Å²) < 4.78 is 43.1. The van der Waals surface area contributed by atoms with E-state index >= 15 is 0 Å². The lowest BCUT2D eigenvalue weighted by Gasteiger charge is -2.38. The second-order valence-corrected chi connectivity index (χ2v) is 10.00. The van der Waals surface area contributed by atoms with Gasteiger partial charge in [-0.3, -0.25) is 9.59 Å². The van der Waals surface area contributed by atoms with Crippen molar-refractivity contribution in [3.63, 3.8) is 0 Å². The summed E-state index contributed by atoms with van der Waals surface area (Å²) in [7, 11) is -3.88. The second kappa shape index (κ2) is 8.62. The standard InChI is InChI=1S/C23H22N4O7S/c1-13-14(2)25-34-22(13)26-35(30,31)18-6-4-17(5-7-18)24-21(28)16-10-27(11-16)23(29)15-3-8-19-20(9-15)33-12-32-19/h3-9,16,26H,10-12H2,1-2H3,(H,24,28). The fourth-order valence-corrected chi connectivity index (χ4v) is 4.72. The third-order valence-electron chi connectivity index (χ3n) is 5.98. The predicted molar refractivity (Wildman–Crippen MR) is 124 cm³/mol. The molecule has 1 fully saturated rings. The van der Waals surface area contributed by atoms with E-state index in [1.807, 2.05) is 0 Å². The quantitative estimate of drug-likeness (QED) is 0.528. The molecule has 0 spiro atoms. The number of amides is 2. The van der Waals surface area contributed by atoms with Gasteiger partial charge in [-0.25, -0.2) is 13.1 Å². The smallest absolute Gasteiger partial charge is 0.264 e. The van der Waals surface area contributed by atoms with Crippen molar-refractivity contribution < 1.29 is 32.0 Å². The molecule has 182 valence electrons. The molecule has 0 radical (unpaired) electrons. The van der Waals surface area contributed by atoms with Crippen molar-refractivity contribution in [2.75, 3.05) is 29.9 Å². The molecule has 3 heterocycles. The first-order valence-electron chi connectivity index (χ1n) is 10.8. The highest BCUT2D eigenvalue weighted by Crippen LogP contribution is 2.33. The molecule has 1 aromatic heterocycles. The van der Waals surface area contributed by atoms with Crippen LogP contribution in [0, 0.1) is 19.8 Å². The van der Waals surface area contributed by atoms with E-state index < -0.39 is 10.0 Å². The molecule has 3 aromatic rings. The molecule has 0 saturated carbocycles. The van der Waals surface area contributed by atoms with E-state index in [1.165, 1.54) is 24.3 Å². The number of sulfonamides is 1. The lowest BCUT2D eigenvalue weighted by Crippen LogP contribution is -2.54. The molecule has 0 bridgehead atoms. The van der Waals surface area contributed by atoms with Gasteiger partial charge < -0.3 is 24.2 Å². The van der Waals surface area contributed by atoms with Crippen LogP contribution >= 0.6 is 0 Å².